The number of rotatable bonds is 3. The van der Waals surface area contributed by atoms with Crippen LogP contribution in [0, 0.1) is 20.8 Å². The van der Waals surface area contributed by atoms with E-state index in [0.717, 1.165) is 22.4 Å². The Bertz CT molecular complexity index is 697. The molecule has 21 heavy (non-hydrogen) atoms. The molecule has 1 amide bonds. The van der Waals surface area contributed by atoms with Crippen LogP contribution in [0.3, 0.4) is 0 Å². The van der Waals surface area contributed by atoms with Gasteiger partial charge in [0.1, 0.15) is 0 Å². The predicted octanol–water partition coefficient (Wildman–Crippen LogP) is 3.56. The van der Waals surface area contributed by atoms with Crippen molar-refractivity contribution >= 4 is 17.6 Å². The third kappa shape index (κ3) is 3.28. The van der Waals surface area contributed by atoms with E-state index >= 15 is 0 Å². The average molecular weight is 283 g/mol. The van der Waals surface area contributed by atoms with Gasteiger partial charge in [-0.05, 0) is 50.1 Å². The second-order valence-electron chi connectivity index (χ2n) is 5.11. The molecule has 2 aromatic carbocycles. The quantitative estimate of drug-likeness (QED) is 0.905. The highest BCUT2D eigenvalue weighted by molar-refractivity contribution is 6.06. The van der Waals surface area contributed by atoms with E-state index in [1.807, 2.05) is 32.9 Å². The van der Waals surface area contributed by atoms with E-state index in [4.69, 9.17) is 5.11 Å². The smallest absolute Gasteiger partial charge is 0.335 e. The number of hydrogen-bond acceptors (Lipinski definition) is 2. The number of carbonyl (C=O) groups is 2. The van der Waals surface area contributed by atoms with E-state index in [2.05, 4.69) is 5.32 Å². The van der Waals surface area contributed by atoms with Crippen molar-refractivity contribution in [3.8, 4) is 0 Å². The number of nitrogens with one attached hydrogen (secondary N) is 1. The van der Waals surface area contributed by atoms with Crippen LogP contribution < -0.4 is 5.32 Å². The Balaban J connectivity index is 2.30. The van der Waals surface area contributed by atoms with Crippen LogP contribution in [0.1, 0.15) is 37.4 Å². The second kappa shape index (κ2) is 5.79. The summed E-state index contributed by atoms with van der Waals surface area (Å²) in [5, 5.41) is 11.8. The Morgan fingerprint density at radius 3 is 2.10 bits per heavy atom. The van der Waals surface area contributed by atoms with Gasteiger partial charge in [-0.1, -0.05) is 23.8 Å². The van der Waals surface area contributed by atoms with Gasteiger partial charge >= 0.3 is 5.97 Å². The zero-order chi connectivity index (χ0) is 15.6. The van der Waals surface area contributed by atoms with E-state index in [1.165, 1.54) is 12.1 Å². The molecule has 0 fully saturated rings. The van der Waals surface area contributed by atoms with Crippen molar-refractivity contribution in [2.45, 2.75) is 20.8 Å². The van der Waals surface area contributed by atoms with Crippen LogP contribution in [0.25, 0.3) is 0 Å². The summed E-state index contributed by atoms with van der Waals surface area (Å²) in [5.74, 6) is -1.36. The maximum Gasteiger partial charge on any atom is 0.335 e. The first-order chi connectivity index (χ1) is 9.88. The highest BCUT2D eigenvalue weighted by Crippen LogP contribution is 2.22. The third-order valence-electron chi connectivity index (χ3n) is 3.29. The maximum absolute atomic E-state index is 12.3. The summed E-state index contributed by atoms with van der Waals surface area (Å²) in [6.45, 7) is 5.87. The number of carboxylic acid groups (broad SMARTS) is 1. The molecule has 0 unspecified atom stereocenters. The summed E-state index contributed by atoms with van der Waals surface area (Å²) in [6, 6.07) is 9.98. The maximum atomic E-state index is 12.3. The molecular weight excluding hydrogens is 266 g/mol. The first kappa shape index (κ1) is 14.8. The van der Waals surface area contributed by atoms with Crippen molar-refractivity contribution in [2.75, 3.05) is 5.32 Å². The molecule has 0 atom stereocenters. The zero-order valence-electron chi connectivity index (χ0n) is 12.2. The third-order valence-corrected chi connectivity index (χ3v) is 3.29. The topological polar surface area (TPSA) is 66.4 Å². The SMILES string of the molecule is Cc1cc(C)c(NC(=O)c2cccc(C(=O)O)c2)c(C)c1. The van der Waals surface area contributed by atoms with Gasteiger partial charge in [0.2, 0.25) is 0 Å². The van der Waals surface area contributed by atoms with Gasteiger partial charge < -0.3 is 10.4 Å². The van der Waals surface area contributed by atoms with Crippen LogP contribution in [0.15, 0.2) is 36.4 Å². The van der Waals surface area contributed by atoms with Crippen LogP contribution in [-0.2, 0) is 0 Å². The molecule has 0 radical (unpaired) electrons. The molecule has 2 N–H and O–H groups in total. The summed E-state index contributed by atoms with van der Waals surface area (Å²) < 4.78 is 0. The Kier molecular flexibility index (Phi) is 4.08. The van der Waals surface area contributed by atoms with E-state index in [9.17, 15) is 9.59 Å². The van der Waals surface area contributed by atoms with Gasteiger partial charge in [0.25, 0.3) is 5.91 Å². The number of benzene rings is 2. The molecule has 2 aromatic rings. The van der Waals surface area contributed by atoms with Gasteiger partial charge in [-0.2, -0.15) is 0 Å². The minimum Gasteiger partial charge on any atom is -0.478 e. The molecule has 2 rings (SSSR count). The monoisotopic (exact) mass is 283 g/mol. The van der Waals surface area contributed by atoms with Crippen molar-refractivity contribution in [3.05, 3.63) is 64.2 Å². The molecule has 0 spiro atoms. The highest BCUT2D eigenvalue weighted by atomic mass is 16.4. The molecule has 0 aromatic heterocycles. The van der Waals surface area contributed by atoms with Crippen molar-refractivity contribution in [1.29, 1.82) is 0 Å². The molecule has 0 saturated heterocycles. The summed E-state index contributed by atoms with van der Waals surface area (Å²) >= 11 is 0. The van der Waals surface area contributed by atoms with Crippen molar-refractivity contribution in [3.63, 3.8) is 0 Å². The molecule has 4 heteroatoms. The van der Waals surface area contributed by atoms with E-state index in [-0.39, 0.29) is 11.5 Å². The Morgan fingerprint density at radius 1 is 0.952 bits per heavy atom. The van der Waals surface area contributed by atoms with Gasteiger partial charge in [0.15, 0.2) is 0 Å². The molecule has 0 bridgehead atoms. The lowest BCUT2D eigenvalue weighted by Gasteiger charge is -2.13. The number of hydrogen-bond donors (Lipinski definition) is 2. The molecule has 4 nitrogen and oxygen atoms in total. The summed E-state index contributed by atoms with van der Waals surface area (Å²) in [4.78, 5) is 23.2. The fraction of sp³-hybridized carbons (Fsp3) is 0.176. The number of anilines is 1. The van der Waals surface area contributed by atoms with E-state index < -0.39 is 5.97 Å². The largest absolute Gasteiger partial charge is 0.478 e. The Labute approximate surface area is 123 Å². The fourth-order valence-electron chi connectivity index (χ4n) is 2.36. The molecule has 0 aliphatic carbocycles. The summed E-state index contributed by atoms with van der Waals surface area (Å²) in [5.41, 5.74) is 4.29. The lowest BCUT2D eigenvalue weighted by molar-refractivity contribution is 0.0697. The summed E-state index contributed by atoms with van der Waals surface area (Å²) in [7, 11) is 0. The van der Waals surface area contributed by atoms with Crippen LogP contribution in [-0.4, -0.2) is 17.0 Å². The van der Waals surface area contributed by atoms with Gasteiger partial charge in [0.05, 0.1) is 5.56 Å². The molecule has 0 aliphatic rings. The first-order valence-corrected chi connectivity index (χ1v) is 6.61. The molecule has 108 valence electrons. The van der Waals surface area contributed by atoms with E-state index in [1.54, 1.807) is 12.1 Å². The summed E-state index contributed by atoms with van der Waals surface area (Å²) in [6.07, 6.45) is 0. The number of aryl methyl sites for hydroxylation is 3. The number of aromatic carboxylic acids is 1. The molecule has 0 aliphatic heterocycles. The van der Waals surface area contributed by atoms with Crippen LogP contribution >= 0.6 is 0 Å². The van der Waals surface area contributed by atoms with Gasteiger partial charge in [-0.3, -0.25) is 4.79 Å². The average Bonchev–Trinajstić information content (AvgIpc) is 2.42. The first-order valence-electron chi connectivity index (χ1n) is 6.61. The lowest BCUT2D eigenvalue weighted by atomic mass is 10.0. The van der Waals surface area contributed by atoms with Crippen LogP contribution in [0.4, 0.5) is 5.69 Å². The normalized spacial score (nSPS) is 10.2. The minimum absolute atomic E-state index is 0.0972. The Morgan fingerprint density at radius 2 is 1.52 bits per heavy atom. The van der Waals surface area contributed by atoms with Crippen LogP contribution in [0.2, 0.25) is 0 Å². The van der Waals surface area contributed by atoms with Gasteiger partial charge in [-0.25, -0.2) is 4.79 Å². The molecule has 0 heterocycles. The van der Waals surface area contributed by atoms with Gasteiger partial charge in [0, 0.05) is 11.3 Å². The van der Waals surface area contributed by atoms with Crippen molar-refractivity contribution < 1.29 is 14.7 Å². The molecule has 0 saturated carbocycles. The zero-order valence-corrected chi connectivity index (χ0v) is 12.2. The predicted molar refractivity (Wildman–Crippen MR) is 82.0 cm³/mol. The fourth-order valence-corrected chi connectivity index (χ4v) is 2.36. The minimum atomic E-state index is -1.05. The number of carbonyl (C=O) groups excluding carboxylic acids is 1. The number of carboxylic acids is 1. The van der Waals surface area contributed by atoms with Gasteiger partial charge in [-0.15, -0.1) is 0 Å². The standard InChI is InChI=1S/C17H17NO3/c1-10-7-11(2)15(12(3)8-10)18-16(19)13-5-4-6-14(9-13)17(20)21/h4-9H,1-3H3,(H,18,19)(H,20,21). The number of amides is 1. The van der Waals surface area contributed by atoms with Crippen LogP contribution in [0.5, 0.6) is 0 Å². The molecular formula is C17H17NO3. The van der Waals surface area contributed by atoms with Crippen molar-refractivity contribution in [2.24, 2.45) is 0 Å². The van der Waals surface area contributed by atoms with E-state index in [0.29, 0.717) is 5.56 Å². The second-order valence-corrected chi connectivity index (χ2v) is 5.11. The lowest BCUT2D eigenvalue weighted by Crippen LogP contribution is -2.14. The van der Waals surface area contributed by atoms with Crippen molar-refractivity contribution in [1.82, 2.24) is 0 Å². The highest BCUT2D eigenvalue weighted by Gasteiger charge is 2.12. The Hall–Kier alpha value is -2.62.